The molecule has 0 radical (unpaired) electrons. The average Bonchev–Trinajstić information content (AvgIpc) is 3.01. The predicted octanol–water partition coefficient (Wildman–Crippen LogP) is 6.52. The Balaban J connectivity index is 0.000000692. The van der Waals surface area contributed by atoms with Gasteiger partial charge in [0.2, 0.25) is 0 Å². The van der Waals surface area contributed by atoms with Crippen molar-refractivity contribution in [3.63, 3.8) is 0 Å². The minimum atomic E-state index is -0.329. The molecule has 0 saturated carbocycles. The highest BCUT2D eigenvalue weighted by Gasteiger charge is 2.11. The number of methoxy groups -OCH3 is 2. The summed E-state index contributed by atoms with van der Waals surface area (Å²) >= 11 is 5.66. The number of nitrogens with two attached hydrogens (primary N) is 1. The molecule has 4 rings (SSSR count). The van der Waals surface area contributed by atoms with E-state index in [-0.39, 0.29) is 51.0 Å². The molecule has 0 saturated heterocycles. The van der Waals surface area contributed by atoms with Crippen LogP contribution in [-0.2, 0) is 9.47 Å². The molecule has 3 N–H and O–H groups in total. The number of benzene rings is 2. The third-order valence-corrected chi connectivity index (χ3v) is 6.55. The van der Waals surface area contributed by atoms with E-state index < -0.39 is 0 Å². The molecule has 2 atom stereocenters. The van der Waals surface area contributed by atoms with E-state index in [0.29, 0.717) is 22.1 Å². The van der Waals surface area contributed by atoms with Gasteiger partial charge in [-0.05, 0) is 76.9 Å². The Bertz CT molecular complexity index is 1510. The molecule has 2 aromatic carbocycles. The van der Waals surface area contributed by atoms with Gasteiger partial charge in [-0.3, -0.25) is 0 Å². The molecule has 45 heavy (non-hydrogen) atoms. The number of carbonyl (C=O) groups is 2. The van der Waals surface area contributed by atoms with E-state index in [1.807, 2.05) is 65.8 Å². The van der Waals surface area contributed by atoms with E-state index in [9.17, 15) is 9.59 Å². The highest BCUT2D eigenvalue weighted by atomic mass is 35.5. The van der Waals surface area contributed by atoms with Crippen LogP contribution in [0.4, 0.5) is 5.82 Å². The van der Waals surface area contributed by atoms with Crippen molar-refractivity contribution in [1.29, 1.82) is 0 Å². The number of aromatic nitrogens is 4. The van der Waals surface area contributed by atoms with E-state index in [4.69, 9.17) is 17.3 Å². The average molecular weight is 675 g/mol. The molecule has 244 valence electrons. The van der Waals surface area contributed by atoms with Crippen LogP contribution in [0.5, 0.6) is 0 Å². The summed E-state index contributed by atoms with van der Waals surface area (Å²) in [5, 5.41) is 3.91. The second-order valence-electron chi connectivity index (χ2n) is 9.72. The molecular formula is C32H43ClN6O4S2. The quantitative estimate of drug-likeness (QED) is 0.171. The summed E-state index contributed by atoms with van der Waals surface area (Å²) in [5.41, 5.74) is 10.7. The van der Waals surface area contributed by atoms with Crippen LogP contribution >= 0.6 is 38.6 Å². The lowest BCUT2D eigenvalue weighted by molar-refractivity contribution is 0.0592. The van der Waals surface area contributed by atoms with E-state index in [2.05, 4.69) is 34.7 Å². The highest BCUT2D eigenvalue weighted by molar-refractivity contribution is 7.59. The number of anilines is 1. The first-order valence-corrected chi connectivity index (χ1v) is 13.9. The van der Waals surface area contributed by atoms with Gasteiger partial charge in [-0.25, -0.2) is 29.5 Å². The number of hydrogen-bond acceptors (Lipinski definition) is 10. The number of carbonyl (C=O) groups excluding carboxylic acids is 2. The molecule has 0 spiro atoms. The number of ether oxygens (including phenoxy) is 2. The fourth-order valence-electron chi connectivity index (χ4n) is 3.53. The molecule has 0 aliphatic carbocycles. The maximum absolute atomic E-state index is 11.4. The molecule has 2 aromatic heterocycles. The number of nitrogens with one attached hydrogen (secondary N) is 1. The van der Waals surface area contributed by atoms with Crippen molar-refractivity contribution in [2.75, 3.05) is 19.5 Å². The van der Waals surface area contributed by atoms with Crippen LogP contribution in [0.1, 0.15) is 80.5 Å². The van der Waals surface area contributed by atoms with Gasteiger partial charge in [0.05, 0.1) is 25.3 Å². The zero-order chi connectivity index (χ0) is 32.1. The standard InChI is InChI=1S/C16H19N3O2.C10H13NO2.C6H7ClN2.2H2S/c1-10-9-17-12(3)19-15(10)18-11(2)13-5-7-14(8-6-13)16(20)21-4;1-7(11)8-3-5-9(6-4-8)10(12)13-2;1-4-3-8-5(2)9-6(4)7;;/h5-9,11H,1-4H3,(H,17,18,19);3-7H,11H2,1-2H3;3H,1-2H3;2*1H2/t11-;7-;;;/m00.../s1. The monoisotopic (exact) mass is 674 g/mol. The van der Waals surface area contributed by atoms with E-state index in [1.165, 1.54) is 14.2 Å². The number of aryl methyl sites for hydroxylation is 4. The summed E-state index contributed by atoms with van der Waals surface area (Å²) in [5.74, 6) is 1.62. The minimum absolute atomic E-state index is 0. The van der Waals surface area contributed by atoms with Gasteiger partial charge in [0.15, 0.2) is 0 Å². The number of nitrogens with zero attached hydrogens (tertiary/aromatic N) is 4. The zero-order valence-electron chi connectivity index (χ0n) is 26.8. The molecule has 0 fully saturated rings. The van der Waals surface area contributed by atoms with Gasteiger partial charge in [0.1, 0.15) is 22.6 Å². The third kappa shape index (κ3) is 13.4. The first-order valence-electron chi connectivity index (χ1n) is 13.5. The second kappa shape index (κ2) is 20.3. The number of rotatable bonds is 6. The fraction of sp³-hybridized carbons (Fsp3) is 0.312. The van der Waals surface area contributed by atoms with Crippen molar-refractivity contribution >= 4 is 56.3 Å². The van der Waals surface area contributed by atoms with Crippen LogP contribution < -0.4 is 11.1 Å². The van der Waals surface area contributed by atoms with Crippen molar-refractivity contribution in [1.82, 2.24) is 19.9 Å². The molecule has 0 aliphatic rings. The predicted molar refractivity (Wildman–Crippen MR) is 189 cm³/mol. The molecule has 2 heterocycles. The van der Waals surface area contributed by atoms with Crippen molar-refractivity contribution in [2.24, 2.45) is 5.73 Å². The van der Waals surface area contributed by atoms with Crippen LogP contribution in [-0.4, -0.2) is 46.1 Å². The van der Waals surface area contributed by atoms with Crippen LogP contribution in [0.3, 0.4) is 0 Å². The molecule has 4 aromatic rings. The van der Waals surface area contributed by atoms with Crippen molar-refractivity contribution < 1.29 is 19.1 Å². The molecule has 0 unspecified atom stereocenters. The smallest absolute Gasteiger partial charge is 0.337 e. The van der Waals surface area contributed by atoms with Crippen LogP contribution in [0.15, 0.2) is 60.9 Å². The Morgan fingerprint density at radius 1 is 0.733 bits per heavy atom. The Kier molecular flexibility index (Phi) is 18.7. The van der Waals surface area contributed by atoms with Gasteiger partial charge in [-0.1, -0.05) is 35.9 Å². The number of hydrogen-bond donors (Lipinski definition) is 2. The maximum Gasteiger partial charge on any atom is 0.337 e. The highest BCUT2D eigenvalue weighted by Crippen LogP contribution is 2.21. The summed E-state index contributed by atoms with van der Waals surface area (Å²) in [6.45, 7) is 11.5. The van der Waals surface area contributed by atoms with Crippen molar-refractivity contribution in [3.05, 3.63) is 111 Å². The van der Waals surface area contributed by atoms with Gasteiger partial charge < -0.3 is 20.5 Å². The summed E-state index contributed by atoms with van der Waals surface area (Å²) in [6.07, 6.45) is 3.52. The molecular weight excluding hydrogens is 632 g/mol. The summed E-state index contributed by atoms with van der Waals surface area (Å²) in [6, 6.07) is 14.5. The Labute approximate surface area is 284 Å². The van der Waals surface area contributed by atoms with Crippen molar-refractivity contribution in [2.45, 2.75) is 53.6 Å². The van der Waals surface area contributed by atoms with Gasteiger partial charge >= 0.3 is 11.9 Å². The topological polar surface area (TPSA) is 142 Å². The SMILES string of the molecule is COC(=O)c1ccc([C@H](C)N)cc1.COC(=O)c1ccc([C@H](C)Nc2nc(C)ncc2C)cc1.Cc1ncc(C)c(Cl)n1.S.S. The molecule has 10 nitrogen and oxygen atoms in total. The number of halogens is 1. The normalized spacial score (nSPS) is 11.0. The Hall–Kier alpha value is -3.71. The lowest BCUT2D eigenvalue weighted by atomic mass is 10.1. The van der Waals surface area contributed by atoms with Crippen LogP contribution in [0, 0.1) is 27.7 Å². The first kappa shape index (κ1) is 41.3. The maximum atomic E-state index is 11.4. The largest absolute Gasteiger partial charge is 0.465 e. The number of esters is 2. The summed E-state index contributed by atoms with van der Waals surface area (Å²) < 4.78 is 9.26. The van der Waals surface area contributed by atoms with Gasteiger partial charge in [0.25, 0.3) is 0 Å². The van der Waals surface area contributed by atoms with Gasteiger partial charge in [-0.2, -0.15) is 27.0 Å². The minimum Gasteiger partial charge on any atom is -0.465 e. The fourth-order valence-corrected chi connectivity index (χ4v) is 3.70. The molecule has 0 bridgehead atoms. The van der Waals surface area contributed by atoms with Crippen LogP contribution in [0.2, 0.25) is 5.15 Å². The molecule has 0 aliphatic heterocycles. The summed E-state index contributed by atoms with van der Waals surface area (Å²) in [7, 11) is 2.74. The lowest BCUT2D eigenvalue weighted by Gasteiger charge is -2.17. The summed E-state index contributed by atoms with van der Waals surface area (Å²) in [4.78, 5) is 38.9. The lowest BCUT2D eigenvalue weighted by Crippen LogP contribution is -2.10. The Morgan fingerprint density at radius 2 is 1.16 bits per heavy atom. The third-order valence-electron chi connectivity index (χ3n) is 6.17. The molecule has 0 amide bonds. The van der Waals surface area contributed by atoms with Gasteiger partial charge in [0, 0.05) is 35.6 Å². The van der Waals surface area contributed by atoms with E-state index in [1.54, 1.807) is 36.7 Å². The Morgan fingerprint density at radius 3 is 1.56 bits per heavy atom. The van der Waals surface area contributed by atoms with Crippen LogP contribution in [0.25, 0.3) is 0 Å². The zero-order valence-corrected chi connectivity index (χ0v) is 29.6. The van der Waals surface area contributed by atoms with E-state index >= 15 is 0 Å². The molecule has 13 heteroatoms. The van der Waals surface area contributed by atoms with Gasteiger partial charge in [-0.15, -0.1) is 0 Å². The first-order chi connectivity index (χ1) is 20.4. The second-order valence-corrected chi connectivity index (χ2v) is 10.1. The van der Waals surface area contributed by atoms with Crippen molar-refractivity contribution in [3.8, 4) is 0 Å². The van der Waals surface area contributed by atoms with E-state index in [0.717, 1.165) is 33.9 Å².